The van der Waals surface area contributed by atoms with E-state index < -0.39 is 58.0 Å². The molecule has 42 heavy (non-hydrogen) atoms. The second-order valence-electron chi connectivity index (χ2n) is 11.7. The number of hydrogen-bond donors (Lipinski definition) is 5. The van der Waals surface area contributed by atoms with Crippen molar-refractivity contribution in [3.63, 3.8) is 0 Å². The first kappa shape index (κ1) is 29.3. The molecule has 2 aromatic rings. The largest absolute Gasteiger partial charge is 0.510 e. The molecule has 0 aliphatic heterocycles. The normalized spacial score (nSPS) is 25.5. The van der Waals surface area contributed by atoms with Gasteiger partial charge in [0, 0.05) is 18.0 Å². The Morgan fingerprint density at radius 2 is 1.76 bits per heavy atom. The van der Waals surface area contributed by atoms with Gasteiger partial charge in [-0.15, -0.1) is 0 Å². The Bertz CT molecular complexity index is 1590. The number of aromatic hydroxyl groups is 1. The summed E-state index contributed by atoms with van der Waals surface area (Å²) in [4.78, 5) is 43.3. The van der Waals surface area contributed by atoms with E-state index in [-0.39, 0.29) is 29.7 Å². The molecule has 4 atom stereocenters. The molecule has 0 heterocycles. The summed E-state index contributed by atoms with van der Waals surface area (Å²) in [6.07, 6.45) is 0.209. The molecule has 0 fully saturated rings. The lowest BCUT2D eigenvalue weighted by atomic mass is 9.58. The number of carbonyl (C=O) groups is 3. The van der Waals surface area contributed by atoms with E-state index in [9.17, 15) is 34.8 Å². The fourth-order valence-electron chi connectivity index (χ4n) is 6.91. The van der Waals surface area contributed by atoms with E-state index in [1.165, 1.54) is 11.0 Å². The van der Waals surface area contributed by atoms with E-state index in [0.717, 1.165) is 11.1 Å². The summed E-state index contributed by atoms with van der Waals surface area (Å²) in [5.41, 5.74) is 4.69. The van der Waals surface area contributed by atoms with Gasteiger partial charge in [-0.05, 0) is 87.4 Å². The van der Waals surface area contributed by atoms with E-state index in [2.05, 4.69) is 0 Å². The van der Waals surface area contributed by atoms with Crippen molar-refractivity contribution in [2.75, 3.05) is 35.3 Å². The Morgan fingerprint density at radius 3 is 2.36 bits per heavy atom. The summed E-state index contributed by atoms with van der Waals surface area (Å²) in [6, 6.07) is 7.75. The summed E-state index contributed by atoms with van der Waals surface area (Å²) in [5.74, 6) is -6.19. The molecule has 3 aliphatic rings. The van der Waals surface area contributed by atoms with Crippen LogP contribution in [0.25, 0.3) is 11.1 Å². The second kappa shape index (κ2) is 10.3. The SMILES string of the molecule is COc1ccc(CN(C)C)c(-c2ccc(O)c3c2C[C@H]2C[C@H]4[C@H](N(C)C)C(O)=C(C(N)=O)C(=O)[C@@]4(O)C(O)=C2C3=O)c1. The van der Waals surface area contributed by atoms with E-state index in [1.807, 2.05) is 37.2 Å². The highest BCUT2D eigenvalue weighted by Gasteiger charge is 2.63. The molecule has 0 saturated heterocycles. The standard InChI is InChI=1S/C31H35N3O8/c1-33(2)13-14-6-7-16(42-5)12-18(14)17-8-9-21(35)23-19(17)10-15-11-20-25(34(3)4)27(37)24(30(32)40)29(39)31(20,41)28(38)22(15)26(23)36/h6-9,12,15,20,25,35,37-38,41H,10-11,13H2,1-5H3,(H2,32,40)/t15-,20-,25-,31-/m0/s1. The Labute approximate surface area is 243 Å². The van der Waals surface area contributed by atoms with Crippen LogP contribution in [0.3, 0.4) is 0 Å². The van der Waals surface area contributed by atoms with Gasteiger partial charge in [0.05, 0.1) is 18.7 Å². The number of rotatable bonds is 6. The quantitative estimate of drug-likeness (QED) is 0.319. The Hall–Kier alpha value is -4.19. The predicted molar refractivity (Wildman–Crippen MR) is 153 cm³/mol. The van der Waals surface area contributed by atoms with E-state index >= 15 is 0 Å². The monoisotopic (exact) mass is 577 g/mol. The van der Waals surface area contributed by atoms with Gasteiger partial charge < -0.3 is 35.8 Å². The average molecular weight is 578 g/mol. The van der Waals surface area contributed by atoms with Crippen LogP contribution in [0.5, 0.6) is 11.5 Å². The van der Waals surface area contributed by atoms with Crippen LogP contribution in [0, 0.1) is 11.8 Å². The van der Waals surface area contributed by atoms with Gasteiger partial charge in [-0.3, -0.25) is 19.3 Å². The van der Waals surface area contributed by atoms with Gasteiger partial charge in [0.25, 0.3) is 5.91 Å². The number of allylic oxidation sites excluding steroid dienone is 1. The molecule has 1 amide bonds. The predicted octanol–water partition coefficient (Wildman–Crippen LogP) is 1.86. The van der Waals surface area contributed by atoms with Crippen molar-refractivity contribution in [2.45, 2.75) is 31.0 Å². The van der Waals surface area contributed by atoms with Gasteiger partial charge in [0.1, 0.15) is 28.6 Å². The van der Waals surface area contributed by atoms with Crippen molar-refractivity contribution in [2.24, 2.45) is 17.6 Å². The van der Waals surface area contributed by atoms with Crippen molar-refractivity contribution >= 4 is 17.5 Å². The lowest BCUT2D eigenvalue weighted by Crippen LogP contribution is -2.63. The minimum atomic E-state index is -2.68. The summed E-state index contributed by atoms with van der Waals surface area (Å²) >= 11 is 0. The molecule has 11 heteroatoms. The third kappa shape index (κ3) is 4.19. The maximum atomic E-state index is 14.1. The number of ether oxygens (including phenoxy) is 1. The Kier molecular flexibility index (Phi) is 7.16. The lowest BCUT2D eigenvalue weighted by Gasteiger charge is -2.50. The number of phenols is 1. The highest BCUT2D eigenvalue weighted by Crippen LogP contribution is 2.53. The number of fused-ring (bicyclic) bond motifs is 3. The summed E-state index contributed by atoms with van der Waals surface area (Å²) < 4.78 is 5.48. The lowest BCUT2D eigenvalue weighted by molar-refractivity contribution is -0.148. The molecular weight excluding hydrogens is 542 g/mol. The first-order valence-corrected chi connectivity index (χ1v) is 13.6. The van der Waals surface area contributed by atoms with Gasteiger partial charge in [-0.1, -0.05) is 12.1 Å². The van der Waals surface area contributed by atoms with Crippen LogP contribution in [-0.2, 0) is 22.6 Å². The molecule has 0 saturated carbocycles. The number of Topliss-reactive ketones (excluding diaryl/α,β-unsaturated/α-hetero) is 2. The third-order valence-electron chi connectivity index (χ3n) is 8.70. The second-order valence-corrected chi connectivity index (χ2v) is 11.7. The number of hydrogen-bond acceptors (Lipinski definition) is 10. The highest BCUT2D eigenvalue weighted by molar-refractivity contribution is 6.24. The Morgan fingerprint density at radius 1 is 1.07 bits per heavy atom. The number of phenolic OH excluding ortho intramolecular Hbond substituents is 1. The number of carbonyl (C=O) groups excluding carboxylic acids is 3. The smallest absolute Gasteiger partial charge is 0.255 e. The van der Waals surface area contributed by atoms with Crippen LogP contribution < -0.4 is 10.5 Å². The van der Waals surface area contributed by atoms with Gasteiger partial charge in [0.2, 0.25) is 5.78 Å². The number of likely N-dealkylation sites (N-methyl/N-ethyl adjacent to an activating group) is 1. The fraction of sp³-hybridized carbons (Fsp3) is 0.387. The molecule has 3 aliphatic carbocycles. The number of amides is 1. The van der Waals surface area contributed by atoms with Crippen molar-refractivity contribution in [3.05, 3.63) is 69.7 Å². The zero-order chi connectivity index (χ0) is 30.8. The van der Waals surface area contributed by atoms with E-state index in [4.69, 9.17) is 10.5 Å². The van der Waals surface area contributed by atoms with Gasteiger partial charge >= 0.3 is 0 Å². The molecule has 6 N–H and O–H groups in total. The Balaban J connectivity index is 1.73. The van der Waals surface area contributed by atoms with Gasteiger partial charge in [0.15, 0.2) is 11.4 Å². The van der Waals surface area contributed by atoms with Gasteiger partial charge in [-0.25, -0.2) is 0 Å². The van der Waals surface area contributed by atoms with Crippen LogP contribution in [0.1, 0.15) is 27.9 Å². The number of nitrogens with two attached hydrogens (primary N) is 1. The molecule has 5 rings (SSSR count). The van der Waals surface area contributed by atoms with Crippen molar-refractivity contribution < 1.29 is 39.5 Å². The molecule has 0 spiro atoms. The average Bonchev–Trinajstić information content (AvgIpc) is 2.90. The number of aliphatic hydroxyl groups excluding tert-OH is 2. The number of benzene rings is 2. The molecule has 0 unspecified atom stereocenters. The number of methoxy groups -OCH3 is 1. The van der Waals surface area contributed by atoms with Crippen molar-refractivity contribution in [3.8, 4) is 22.6 Å². The maximum Gasteiger partial charge on any atom is 0.255 e. The number of ketones is 2. The minimum absolute atomic E-state index is 0.0174. The zero-order valence-electron chi connectivity index (χ0n) is 24.1. The fourth-order valence-corrected chi connectivity index (χ4v) is 6.91. The molecule has 0 bridgehead atoms. The topological polar surface area (TPSA) is 174 Å². The maximum absolute atomic E-state index is 14.1. The van der Waals surface area contributed by atoms with E-state index in [0.29, 0.717) is 23.4 Å². The number of aliphatic hydroxyl groups is 3. The summed E-state index contributed by atoms with van der Waals surface area (Å²) in [7, 11) is 8.63. The molecule has 2 aromatic carbocycles. The minimum Gasteiger partial charge on any atom is -0.510 e. The molecule has 222 valence electrons. The van der Waals surface area contributed by atoms with Crippen LogP contribution in [0.4, 0.5) is 0 Å². The first-order chi connectivity index (χ1) is 19.7. The third-order valence-corrected chi connectivity index (χ3v) is 8.70. The van der Waals surface area contributed by atoms with Crippen LogP contribution in [-0.4, -0.2) is 94.6 Å². The number of primary amides is 1. The van der Waals surface area contributed by atoms with E-state index in [1.54, 1.807) is 27.3 Å². The number of nitrogens with zero attached hydrogens (tertiary/aromatic N) is 2. The summed E-state index contributed by atoms with van der Waals surface area (Å²) in [5, 5.41) is 45.2. The molecule has 11 nitrogen and oxygen atoms in total. The summed E-state index contributed by atoms with van der Waals surface area (Å²) in [6.45, 7) is 0.591. The van der Waals surface area contributed by atoms with Crippen molar-refractivity contribution in [1.82, 2.24) is 9.80 Å². The molecule has 0 radical (unpaired) electrons. The zero-order valence-corrected chi connectivity index (χ0v) is 24.1. The van der Waals surface area contributed by atoms with Crippen LogP contribution in [0.2, 0.25) is 0 Å². The highest BCUT2D eigenvalue weighted by atomic mass is 16.5. The van der Waals surface area contributed by atoms with Crippen LogP contribution in [0.15, 0.2) is 53.0 Å². The molecule has 0 aromatic heterocycles. The van der Waals surface area contributed by atoms with Crippen LogP contribution >= 0.6 is 0 Å². The van der Waals surface area contributed by atoms with Gasteiger partial charge in [-0.2, -0.15) is 0 Å². The van der Waals surface area contributed by atoms with Crippen molar-refractivity contribution in [1.29, 1.82) is 0 Å². The first-order valence-electron chi connectivity index (χ1n) is 13.6. The molecular formula is C31H35N3O8.